The van der Waals surface area contributed by atoms with Crippen molar-refractivity contribution < 1.29 is 0 Å². The standard InChI is InChI=1S/ClH6N3P/c1-5(2,3)4/h2-4H2/q+1. The van der Waals surface area contributed by atoms with Crippen molar-refractivity contribution >= 4 is 18.3 Å². The van der Waals surface area contributed by atoms with Crippen LogP contribution in [0, 0.1) is 0 Å². The van der Waals surface area contributed by atoms with Crippen LogP contribution >= 0.6 is 18.3 Å². The van der Waals surface area contributed by atoms with Gasteiger partial charge in [-0.25, -0.2) is 0 Å². The largest absolute Gasteiger partial charge is 0.316 e. The molecule has 0 saturated carbocycles. The lowest BCUT2D eigenvalue weighted by Gasteiger charge is -1.90. The highest BCUT2D eigenvalue weighted by atomic mass is 35.7. The third kappa shape index (κ3) is 86.4. The van der Waals surface area contributed by atoms with Crippen LogP contribution in [0.4, 0.5) is 0 Å². The van der Waals surface area contributed by atoms with Crippen LogP contribution in [0.3, 0.4) is 0 Å². The minimum absolute atomic E-state index is 2.42. The van der Waals surface area contributed by atoms with Crippen LogP contribution in [0.25, 0.3) is 0 Å². The van der Waals surface area contributed by atoms with Crippen molar-refractivity contribution in [1.82, 2.24) is 0 Å². The number of nitrogens with two attached hydrogens (primary N) is 3. The van der Waals surface area contributed by atoms with Gasteiger partial charge >= 0.3 is 7.07 Å². The van der Waals surface area contributed by atoms with Gasteiger partial charge in [-0.2, -0.15) is 16.5 Å². The molecular formula is H6ClN3P+. The first-order chi connectivity index (χ1) is 2.00. The van der Waals surface area contributed by atoms with Crippen molar-refractivity contribution in [1.29, 1.82) is 0 Å². The molecule has 5 heteroatoms. The van der Waals surface area contributed by atoms with E-state index < -0.39 is 7.07 Å². The van der Waals surface area contributed by atoms with Gasteiger partial charge in [-0.15, -0.1) is 0 Å². The maximum Gasteiger partial charge on any atom is 0.316 e. The fourth-order valence-electron chi connectivity index (χ4n) is 0. The lowest BCUT2D eigenvalue weighted by Crippen LogP contribution is -2.15. The van der Waals surface area contributed by atoms with Crippen LogP contribution in [0.1, 0.15) is 0 Å². The van der Waals surface area contributed by atoms with Gasteiger partial charge < -0.3 is 0 Å². The predicted octanol–water partition coefficient (Wildman–Crippen LogP) is -0.221. The molecule has 3 nitrogen and oxygen atoms in total. The molecule has 32 valence electrons. The Morgan fingerprint density at radius 3 is 1.20 bits per heavy atom. The Morgan fingerprint density at radius 1 is 1.20 bits per heavy atom. The molecule has 0 aliphatic heterocycles. The first-order valence-corrected chi connectivity index (χ1v) is 3.85. The molecule has 0 heterocycles. The summed E-state index contributed by atoms with van der Waals surface area (Å²) in [4.78, 5) is 0. The molecule has 0 saturated heterocycles. The quantitative estimate of drug-likeness (QED) is 0.381. The van der Waals surface area contributed by atoms with Crippen LogP contribution in [0.2, 0.25) is 0 Å². The summed E-state index contributed by atoms with van der Waals surface area (Å²) in [7, 11) is -2.42. The summed E-state index contributed by atoms with van der Waals surface area (Å²) >= 11 is 4.97. The Labute approximate surface area is 35.7 Å². The van der Waals surface area contributed by atoms with E-state index in [-0.39, 0.29) is 0 Å². The van der Waals surface area contributed by atoms with E-state index in [1.807, 2.05) is 0 Å². The zero-order valence-electron chi connectivity index (χ0n) is 2.56. The number of halogens is 1. The topological polar surface area (TPSA) is 78.1 Å². The van der Waals surface area contributed by atoms with E-state index in [2.05, 4.69) is 0 Å². The van der Waals surface area contributed by atoms with Gasteiger partial charge in [0, 0.05) is 0 Å². The van der Waals surface area contributed by atoms with Gasteiger partial charge in [0.1, 0.15) is 0 Å². The molecular weight excluding hydrogens is 108 g/mol. The summed E-state index contributed by atoms with van der Waals surface area (Å²) in [5.74, 6) is 0. The smallest absolute Gasteiger partial charge is 0.160 e. The van der Waals surface area contributed by atoms with Crippen molar-refractivity contribution in [2.24, 2.45) is 16.5 Å². The SMILES string of the molecule is N[P+](N)(N)Cl. The van der Waals surface area contributed by atoms with Crippen molar-refractivity contribution in [2.75, 3.05) is 0 Å². The summed E-state index contributed by atoms with van der Waals surface area (Å²) in [6.45, 7) is 0. The molecule has 0 aliphatic rings. The third-order valence-corrected chi connectivity index (χ3v) is 0. The van der Waals surface area contributed by atoms with Crippen LogP contribution in [0.15, 0.2) is 0 Å². The molecule has 0 radical (unpaired) electrons. The molecule has 0 fully saturated rings. The predicted molar refractivity (Wildman–Crippen MR) is 25.3 cm³/mol. The van der Waals surface area contributed by atoms with Crippen LogP contribution < -0.4 is 16.5 Å². The van der Waals surface area contributed by atoms with E-state index in [9.17, 15) is 0 Å². The molecule has 0 aromatic rings. The number of hydrogen-bond acceptors (Lipinski definition) is 3. The second-order valence-corrected chi connectivity index (χ2v) is 3.98. The van der Waals surface area contributed by atoms with Crippen molar-refractivity contribution in [3.63, 3.8) is 0 Å². The maximum absolute atomic E-state index is 4.97. The number of hydrogen-bond donors (Lipinski definition) is 3. The summed E-state index contributed by atoms with van der Waals surface area (Å²) < 4.78 is 0. The van der Waals surface area contributed by atoms with Gasteiger partial charge in [0.25, 0.3) is 0 Å². The average molecular weight is 114 g/mol. The highest BCUT2D eigenvalue weighted by molar-refractivity contribution is 7.93. The monoisotopic (exact) mass is 114 g/mol. The first-order valence-electron chi connectivity index (χ1n) is 0.944. The Kier molecular flexibility index (Phi) is 1.53. The van der Waals surface area contributed by atoms with Gasteiger partial charge in [-0.3, -0.25) is 0 Å². The summed E-state index contributed by atoms with van der Waals surface area (Å²) in [5, 5.41) is 0. The highest BCUT2D eigenvalue weighted by Crippen LogP contribution is 2.35. The second kappa shape index (κ2) is 1.37. The minimum Gasteiger partial charge on any atom is -0.160 e. The Balaban J connectivity index is 3.02. The van der Waals surface area contributed by atoms with Crippen LogP contribution in [-0.2, 0) is 0 Å². The molecule has 0 spiro atoms. The van der Waals surface area contributed by atoms with Crippen molar-refractivity contribution in [2.45, 2.75) is 0 Å². The Bertz CT molecular complexity index is 22.4. The molecule has 0 aromatic heterocycles. The summed E-state index contributed by atoms with van der Waals surface area (Å²) in [6.07, 6.45) is 0. The minimum atomic E-state index is -2.42. The lowest BCUT2D eigenvalue weighted by atomic mass is 13.8. The average Bonchev–Trinajstić information content (AvgIpc) is 0.722. The maximum atomic E-state index is 4.97. The molecule has 0 rings (SSSR count). The molecule has 6 N–H and O–H groups in total. The van der Waals surface area contributed by atoms with Crippen molar-refractivity contribution in [3.05, 3.63) is 0 Å². The van der Waals surface area contributed by atoms with E-state index in [1.165, 1.54) is 0 Å². The Morgan fingerprint density at radius 2 is 1.20 bits per heavy atom. The number of rotatable bonds is 0. The molecule has 0 amide bonds. The first kappa shape index (κ1) is 5.60. The fraction of sp³-hybridized carbons (Fsp3) is 0. The van der Waals surface area contributed by atoms with Crippen LogP contribution in [0.5, 0.6) is 0 Å². The van der Waals surface area contributed by atoms with E-state index >= 15 is 0 Å². The van der Waals surface area contributed by atoms with Crippen molar-refractivity contribution in [3.8, 4) is 0 Å². The van der Waals surface area contributed by atoms with E-state index in [0.717, 1.165) is 0 Å². The Hall–Kier alpha value is 0.600. The summed E-state index contributed by atoms with van der Waals surface area (Å²) in [5.41, 5.74) is 14.4. The third-order valence-electron chi connectivity index (χ3n) is 0. The molecule has 0 unspecified atom stereocenters. The van der Waals surface area contributed by atoms with E-state index in [1.54, 1.807) is 0 Å². The zero-order valence-corrected chi connectivity index (χ0v) is 4.21. The highest BCUT2D eigenvalue weighted by Gasteiger charge is 2.13. The van der Waals surface area contributed by atoms with Crippen LogP contribution in [-0.4, -0.2) is 0 Å². The molecule has 0 aliphatic carbocycles. The molecule has 5 heavy (non-hydrogen) atoms. The van der Waals surface area contributed by atoms with Gasteiger partial charge in [-0.05, 0) is 0 Å². The van der Waals surface area contributed by atoms with Gasteiger partial charge in [0.05, 0.1) is 0 Å². The van der Waals surface area contributed by atoms with Gasteiger partial charge in [0.15, 0.2) is 11.2 Å². The molecule has 0 atom stereocenters. The zero-order chi connectivity index (χ0) is 4.50. The van der Waals surface area contributed by atoms with Gasteiger partial charge in [0.2, 0.25) is 0 Å². The van der Waals surface area contributed by atoms with E-state index in [4.69, 9.17) is 27.8 Å². The normalized spacial score (nSPS) is 12.0. The van der Waals surface area contributed by atoms with Gasteiger partial charge in [-0.1, -0.05) is 0 Å². The fourth-order valence-corrected chi connectivity index (χ4v) is 0. The lowest BCUT2D eigenvalue weighted by molar-refractivity contribution is 1.67. The second-order valence-electron chi connectivity index (χ2n) is 0.740. The molecule has 0 bridgehead atoms. The van der Waals surface area contributed by atoms with E-state index in [0.29, 0.717) is 0 Å². The summed E-state index contributed by atoms with van der Waals surface area (Å²) in [6, 6.07) is 0. The molecule has 0 aromatic carbocycles.